The maximum absolute atomic E-state index is 13.5. The molecule has 0 aliphatic carbocycles. The van der Waals surface area contributed by atoms with Crippen LogP contribution in [0.4, 0.5) is 5.82 Å². The lowest BCUT2D eigenvalue weighted by Gasteiger charge is -2.45. The summed E-state index contributed by atoms with van der Waals surface area (Å²) >= 11 is 0. The Balaban J connectivity index is 1.78. The highest BCUT2D eigenvalue weighted by Gasteiger charge is 2.36. The van der Waals surface area contributed by atoms with Crippen LogP contribution in [0.5, 0.6) is 0 Å². The minimum absolute atomic E-state index is 0.0591. The molecule has 33 heavy (non-hydrogen) atoms. The van der Waals surface area contributed by atoms with E-state index in [-0.39, 0.29) is 30.4 Å². The Hall–Kier alpha value is -2.93. The first-order valence-electron chi connectivity index (χ1n) is 11.7. The van der Waals surface area contributed by atoms with Gasteiger partial charge in [0.15, 0.2) is 0 Å². The second-order valence-corrected chi connectivity index (χ2v) is 9.16. The van der Waals surface area contributed by atoms with Crippen LogP contribution in [0.3, 0.4) is 0 Å². The van der Waals surface area contributed by atoms with Crippen LogP contribution in [0.2, 0.25) is 0 Å². The van der Waals surface area contributed by atoms with Gasteiger partial charge in [0, 0.05) is 44.5 Å². The van der Waals surface area contributed by atoms with E-state index in [1.807, 2.05) is 29.2 Å². The molecule has 7 nitrogen and oxygen atoms in total. The molecule has 2 atom stereocenters. The van der Waals surface area contributed by atoms with Crippen LogP contribution in [0.25, 0.3) is 0 Å². The first-order valence-corrected chi connectivity index (χ1v) is 11.7. The minimum atomic E-state index is -0.267. The summed E-state index contributed by atoms with van der Waals surface area (Å²) in [5.41, 5.74) is 1.75. The summed E-state index contributed by atoms with van der Waals surface area (Å²) in [6.45, 7) is 8.99. The molecule has 7 heteroatoms. The van der Waals surface area contributed by atoms with Crippen molar-refractivity contribution < 1.29 is 14.3 Å². The highest BCUT2D eigenvalue weighted by Crippen LogP contribution is 2.24. The third-order valence-electron chi connectivity index (χ3n) is 6.13. The van der Waals surface area contributed by atoms with Crippen molar-refractivity contribution in [3.05, 3.63) is 59.8 Å². The zero-order valence-corrected chi connectivity index (χ0v) is 20.2. The average Bonchev–Trinajstić information content (AvgIpc) is 2.81. The topological polar surface area (TPSA) is 74.8 Å². The van der Waals surface area contributed by atoms with Crippen LogP contribution in [0, 0.1) is 5.92 Å². The molecule has 2 aromatic rings. The Kier molecular flexibility index (Phi) is 8.83. The monoisotopic (exact) mass is 452 g/mol. The third-order valence-corrected chi connectivity index (χ3v) is 6.13. The molecule has 3 rings (SSSR count). The molecule has 1 saturated heterocycles. The fourth-order valence-electron chi connectivity index (χ4n) is 4.29. The number of rotatable bonds is 9. The molecule has 0 unspecified atom stereocenters. The van der Waals surface area contributed by atoms with Gasteiger partial charge >= 0.3 is 5.97 Å². The van der Waals surface area contributed by atoms with Gasteiger partial charge in [-0.1, -0.05) is 44.2 Å². The lowest BCUT2D eigenvalue weighted by atomic mass is 10.0. The summed E-state index contributed by atoms with van der Waals surface area (Å²) < 4.78 is 4.96. The van der Waals surface area contributed by atoms with Crippen molar-refractivity contribution >= 4 is 17.7 Å². The molecule has 1 amide bonds. The molecule has 0 bridgehead atoms. The van der Waals surface area contributed by atoms with Gasteiger partial charge in [-0.25, -0.2) is 4.98 Å². The highest BCUT2D eigenvalue weighted by molar-refractivity contribution is 5.98. The van der Waals surface area contributed by atoms with E-state index < -0.39 is 0 Å². The number of esters is 1. The standard InChI is InChI=1S/C26H36N4O3/c1-19(2)12-14-28-25-23(11-8-13-27-25)26(32)29-16-20(3)30(17-21-9-6-5-7-10-21)22(18-29)15-24(31)33-4/h5-11,13,19-20,22H,12,14-18H2,1-4H3,(H,27,28)/t20-,22+/m0/s1. The van der Waals surface area contributed by atoms with Crippen LogP contribution in [-0.4, -0.2) is 65.5 Å². The Morgan fingerprint density at radius 3 is 2.61 bits per heavy atom. The molecular weight excluding hydrogens is 416 g/mol. The molecule has 1 N–H and O–H groups in total. The molecule has 1 aromatic heterocycles. The summed E-state index contributed by atoms with van der Waals surface area (Å²) in [5, 5.41) is 3.33. The molecule has 1 fully saturated rings. The second kappa shape index (κ2) is 11.8. The van der Waals surface area contributed by atoms with E-state index in [2.05, 4.69) is 48.1 Å². The number of ether oxygens (including phenoxy) is 1. The van der Waals surface area contributed by atoms with Gasteiger partial charge < -0.3 is 15.0 Å². The molecule has 0 spiro atoms. The third kappa shape index (κ3) is 6.78. The second-order valence-electron chi connectivity index (χ2n) is 9.16. The van der Waals surface area contributed by atoms with E-state index in [1.54, 1.807) is 12.3 Å². The molecule has 1 aliphatic rings. The smallest absolute Gasteiger partial charge is 0.307 e. The van der Waals surface area contributed by atoms with E-state index in [9.17, 15) is 9.59 Å². The van der Waals surface area contributed by atoms with Gasteiger partial charge in [0.1, 0.15) is 5.82 Å². The van der Waals surface area contributed by atoms with Gasteiger partial charge in [-0.3, -0.25) is 14.5 Å². The van der Waals surface area contributed by atoms with Gasteiger partial charge in [0.05, 0.1) is 19.1 Å². The van der Waals surface area contributed by atoms with Crippen LogP contribution in [0.15, 0.2) is 48.7 Å². The highest BCUT2D eigenvalue weighted by atomic mass is 16.5. The number of nitrogens with one attached hydrogen (secondary N) is 1. The number of amides is 1. The first-order chi connectivity index (χ1) is 15.9. The Morgan fingerprint density at radius 2 is 1.91 bits per heavy atom. The Morgan fingerprint density at radius 1 is 1.15 bits per heavy atom. The Bertz CT molecular complexity index is 919. The predicted molar refractivity (Wildman–Crippen MR) is 130 cm³/mol. The lowest BCUT2D eigenvalue weighted by molar-refractivity contribution is -0.143. The van der Waals surface area contributed by atoms with Crippen LogP contribution < -0.4 is 5.32 Å². The number of aromatic nitrogens is 1. The average molecular weight is 453 g/mol. The molecule has 178 valence electrons. The normalized spacial score (nSPS) is 18.9. The fraction of sp³-hybridized carbons (Fsp3) is 0.500. The van der Waals surface area contributed by atoms with E-state index >= 15 is 0 Å². The molecular formula is C26H36N4O3. The molecule has 1 aliphatic heterocycles. The zero-order chi connectivity index (χ0) is 23.8. The zero-order valence-electron chi connectivity index (χ0n) is 20.2. The summed E-state index contributed by atoms with van der Waals surface area (Å²) in [6, 6.07) is 13.8. The van der Waals surface area contributed by atoms with Crippen molar-refractivity contribution in [2.75, 3.05) is 32.1 Å². The fourth-order valence-corrected chi connectivity index (χ4v) is 4.29. The SMILES string of the molecule is COC(=O)C[C@@H]1CN(C(=O)c2cccnc2NCCC(C)C)C[C@H](C)N1Cc1ccccc1. The number of methoxy groups -OCH3 is 1. The van der Waals surface area contributed by atoms with Crippen LogP contribution in [-0.2, 0) is 16.1 Å². The van der Waals surface area contributed by atoms with Gasteiger partial charge in [-0.05, 0) is 37.0 Å². The molecule has 2 heterocycles. The number of nitrogens with zero attached hydrogens (tertiary/aromatic N) is 3. The van der Waals surface area contributed by atoms with Crippen molar-refractivity contribution in [3.63, 3.8) is 0 Å². The number of hydrogen-bond acceptors (Lipinski definition) is 6. The molecule has 0 radical (unpaired) electrons. The van der Waals surface area contributed by atoms with Crippen molar-refractivity contribution in [1.82, 2.24) is 14.8 Å². The number of carbonyl (C=O) groups is 2. The molecule has 0 saturated carbocycles. The number of hydrogen-bond donors (Lipinski definition) is 1. The number of benzene rings is 1. The predicted octanol–water partition coefficient (Wildman–Crippen LogP) is 3.82. The number of carbonyl (C=O) groups excluding carboxylic acids is 2. The van der Waals surface area contributed by atoms with Gasteiger partial charge in [0.2, 0.25) is 0 Å². The maximum atomic E-state index is 13.5. The maximum Gasteiger partial charge on any atom is 0.307 e. The number of anilines is 1. The summed E-state index contributed by atoms with van der Waals surface area (Å²) in [7, 11) is 1.41. The Labute approximate surface area is 197 Å². The quantitative estimate of drug-likeness (QED) is 0.583. The largest absolute Gasteiger partial charge is 0.469 e. The van der Waals surface area contributed by atoms with Crippen LogP contribution >= 0.6 is 0 Å². The van der Waals surface area contributed by atoms with Crippen molar-refractivity contribution in [2.45, 2.75) is 52.2 Å². The summed E-state index contributed by atoms with van der Waals surface area (Å²) in [4.78, 5) is 34.3. The van der Waals surface area contributed by atoms with Gasteiger partial charge in [-0.2, -0.15) is 0 Å². The molecule has 1 aromatic carbocycles. The van der Waals surface area contributed by atoms with E-state index in [4.69, 9.17) is 4.74 Å². The summed E-state index contributed by atoms with van der Waals surface area (Å²) in [6.07, 6.45) is 2.94. The lowest BCUT2D eigenvalue weighted by Crippen LogP contribution is -2.59. The first kappa shape index (κ1) is 24.7. The van der Waals surface area contributed by atoms with E-state index in [0.717, 1.165) is 19.5 Å². The number of piperazine rings is 1. The minimum Gasteiger partial charge on any atom is -0.469 e. The van der Waals surface area contributed by atoms with Crippen LogP contribution in [0.1, 0.15) is 49.5 Å². The van der Waals surface area contributed by atoms with E-state index in [0.29, 0.717) is 30.4 Å². The van der Waals surface area contributed by atoms with Gasteiger partial charge in [0.25, 0.3) is 5.91 Å². The van der Waals surface area contributed by atoms with Crippen molar-refractivity contribution in [2.24, 2.45) is 5.92 Å². The van der Waals surface area contributed by atoms with Crippen molar-refractivity contribution in [3.8, 4) is 0 Å². The number of pyridine rings is 1. The van der Waals surface area contributed by atoms with Crippen molar-refractivity contribution in [1.29, 1.82) is 0 Å². The van der Waals surface area contributed by atoms with E-state index in [1.165, 1.54) is 12.7 Å². The summed E-state index contributed by atoms with van der Waals surface area (Å²) in [5.74, 6) is 0.859. The van der Waals surface area contributed by atoms with Gasteiger partial charge in [-0.15, -0.1) is 0 Å².